The topological polar surface area (TPSA) is 179 Å². The average Bonchev–Trinajstić information content (AvgIpc) is 2.89. The summed E-state index contributed by atoms with van der Waals surface area (Å²) in [6.07, 6.45) is -3.14. The van der Waals surface area contributed by atoms with Gasteiger partial charge in [-0.1, -0.05) is 12.1 Å². The summed E-state index contributed by atoms with van der Waals surface area (Å²) in [5.41, 5.74) is 1.42. The van der Waals surface area contributed by atoms with Crippen molar-refractivity contribution in [1.82, 2.24) is 10.6 Å². The van der Waals surface area contributed by atoms with Crippen molar-refractivity contribution in [2.24, 2.45) is 0 Å². The fourth-order valence-electron chi connectivity index (χ4n) is 3.27. The maximum Gasteiger partial charge on any atom is 0.408 e. The van der Waals surface area contributed by atoms with Gasteiger partial charge in [0.2, 0.25) is 6.10 Å². The maximum absolute atomic E-state index is 13.0. The summed E-state index contributed by atoms with van der Waals surface area (Å²) in [5, 5.41) is 31.7. The molecule has 0 aromatic heterocycles. The summed E-state index contributed by atoms with van der Waals surface area (Å²) in [6, 6.07) is 11.6. The van der Waals surface area contributed by atoms with E-state index < -0.39 is 49.0 Å². The summed E-state index contributed by atoms with van der Waals surface area (Å²) in [6.45, 7) is 0.245. The number of carbonyl (C=O) groups excluding carboxylic acids is 2. The highest BCUT2D eigenvalue weighted by Crippen LogP contribution is 2.23. The number of unbranched alkanes of at least 4 members (excludes halogenated alkanes) is 1. The molecule has 13 heteroatoms. The van der Waals surface area contributed by atoms with Gasteiger partial charge in [0.25, 0.3) is 5.91 Å². The van der Waals surface area contributed by atoms with Gasteiger partial charge in [0, 0.05) is 29.2 Å². The molecule has 0 spiro atoms. The zero-order valence-corrected chi connectivity index (χ0v) is 21.6. The largest absolute Gasteiger partial charge is 0.481 e. The number of ether oxygens (including phenoxy) is 1. The minimum Gasteiger partial charge on any atom is -0.481 e. The van der Waals surface area contributed by atoms with Gasteiger partial charge in [-0.2, -0.15) is 0 Å². The third-order valence-electron chi connectivity index (χ3n) is 5.38. The van der Waals surface area contributed by atoms with Gasteiger partial charge < -0.3 is 30.7 Å². The minimum absolute atomic E-state index is 0.0779. The fourth-order valence-corrected chi connectivity index (χ4v) is 4.13. The zero-order valence-electron chi connectivity index (χ0n) is 20.8. The van der Waals surface area contributed by atoms with Crippen LogP contribution < -0.4 is 10.6 Å². The highest BCUT2D eigenvalue weighted by Gasteiger charge is 2.26. The first kappa shape index (κ1) is 31.1. The quantitative estimate of drug-likeness (QED) is 0.150. The SMILES string of the molecule is O=C(O)CC[C@H](NC(=O)O[C@@H](CCCCNC(=O)c1ccc(SCc2ccc(F)cc2)cc1)C(=O)O)C(=O)O. The number of carbonyl (C=O) groups is 5. The number of hydrogen-bond donors (Lipinski definition) is 5. The summed E-state index contributed by atoms with van der Waals surface area (Å²) in [4.78, 5) is 58.4. The van der Waals surface area contributed by atoms with Gasteiger partial charge in [0.15, 0.2) is 0 Å². The Morgan fingerprint density at radius 2 is 1.54 bits per heavy atom. The monoisotopic (exact) mass is 564 g/mol. The highest BCUT2D eigenvalue weighted by atomic mass is 32.2. The van der Waals surface area contributed by atoms with Gasteiger partial charge in [0.1, 0.15) is 11.9 Å². The van der Waals surface area contributed by atoms with Crippen LogP contribution in [0, 0.1) is 5.82 Å². The lowest BCUT2D eigenvalue weighted by Gasteiger charge is -2.17. The van der Waals surface area contributed by atoms with Crippen molar-refractivity contribution in [2.45, 2.75) is 54.9 Å². The van der Waals surface area contributed by atoms with E-state index in [1.54, 1.807) is 48.2 Å². The lowest BCUT2D eigenvalue weighted by Crippen LogP contribution is -2.43. The summed E-state index contributed by atoms with van der Waals surface area (Å²) >= 11 is 1.55. The van der Waals surface area contributed by atoms with Crippen molar-refractivity contribution in [2.75, 3.05) is 6.54 Å². The molecule has 0 unspecified atom stereocenters. The lowest BCUT2D eigenvalue weighted by atomic mass is 10.1. The van der Waals surface area contributed by atoms with E-state index >= 15 is 0 Å². The Kier molecular flexibility index (Phi) is 12.7. The number of amides is 2. The Morgan fingerprint density at radius 1 is 0.872 bits per heavy atom. The second kappa shape index (κ2) is 16.0. The number of aliphatic carboxylic acids is 3. The number of hydrogen-bond acceptors (Lipinski definition) is 7. The van der Waals surface area contributed by atoms with Crippen molar-refractivity contribution in [3.63, 3.8) is 0 Å². The van der Waals surface area contributed by atoms with Crippen LogP contribution in [-0.2, 0) is 24.9 Å². The van der Waals surface area contributed by atoms with Crippen molar-refractivity contribution in [3.8, 4) is 0 Å². The first-order valence-electron chi connectivity index (χ1n) is 11.9. The van der Waals surface area contributed by atoms with Gasteiger partial charge >= 0.3 is 24.0 Å². The van der Waals surface area contributed by atoms with Crippen LogP contribution in [0.15, 0.2) is 53.4 Å². The van der Waals surface area contributed by atoms with Crippen LogP contribution in [0.5, 0.6) is 0 Å². The number of thioether (sulfide) groups is 1. The van der Waals surface area contributed by atoms with E-state index in [1.165, 1.54) is 12.1 Å². The number of carboxylic acids is 3. The molecule has 5 N–H and O–H groups in total. The van der Waals surface area contributed by atoms with Crippen molar-refractivity contribution in [3.05, 3.63) is 65.5 Å². The Bertz CT molecular complexity index is 1140. The first-order valence-corrected chi connectivity index (χ1v) is 12.9. The molecule has 0 aliphatic rings. The van der Waals surface area contributed by atoms with E-state index in [-0.39, 0.29) is 31.1 Å². The van der Waals surface area contributed by atoms with Crippen molar-refractivity contribution in [1.29, 1.82) is 0 Å². The van der Waals surface area contributed by atoms with Crippen molar-refractivity contribution < 1.29 is 48.4 Å². The molecule has 2 aromatic rings. The van der Waals surface area contributed by atoms with Gasteiger partial charge in [0.05, 0.1) is 0 Å². The van der Waals surface area contributed by atoms with E-state index in [2.05, 4.69) is 5.32 Å². The Morgan fingerprint density at radius 3 is 2.13 bits per heavy atom. The van der Waals surface area contributed by atoms with Gasteiger partial charge in [-0.05, 0) is 67.6 Å². The summed E-state index contributed by atoms with van der Waals surface area (Å²) in [5.74, 6) is -4.10. The molecule has 2 rings (SSSR count). The zero-order chi connectivity index (χ0) is 28.8. The maximum atomic E-state index is 13.0. The Labute approximate surface area is 227 Å². The second-order valence-electron chi connectivity index (χ2n) is 8.39. The third kappa shape index (κ3) is 11.9. The van der Waals surface area contributed by atoms with Crippen LogP contribution in [0.1, 0.15) is 48.0 Å². The molecule has 0 aliphatic heterocycles. The Balaban J connectivity index is 1.71. The lowest BCUT2D eigenvalue weighted by molar-refractivity contribution is -0.147. The number of halogens is 1. The van der Waals surface area contributed by atoms with Crippen LogP contribution >= 0.6 is 11.8 Å². The van der Waals surface area contributed by atoms with Crippen LogP contribution in [0.25, 0.3) is 0 Å². The van der Waals surface area contributed by atoms with Gasteiger partial charge in [-0.25, -0.2) is 18.8 Å². The predicted octanol–water partition coefficient (Wildman–Crippen LogP) is 3.52. The molecular formula is C26H29FN2O9S. The van der Waals surface area contributed by atoms with E-state index in [0.717, 1.165) is 10.5 Å². The molecular weight excluding hydrogens is 535 g/mol. The average molecular weight is 565 g/mol. The molecule has 2 amide bonds. The molecule has 2 atom stereocenters. The smallest absolute Gasteiger partial charge is 0.408 e. The standard InChI is InChI=1S/C26H29FN2O9S/c27-18-8-4-16(5-9-18)15-39-19-10-6-17(7-11-19)23(32)28-14-2-1-3-21(25(35)36)38-26(37)29-20(24(33)34)12-13-22(30)31/h4-11,20-21H,1-3,12-15H2,(H,28,32)(H,29,37)(H,30,31)(H,33,34)(H,35,36)/t20-,21-/m0/s1. The number of benzene rings is 2. The van der Waals surface area contributed by atoms with E-state index in [9.17, 15) is 33.5 Å². The molecule has 39 heavy (non-hydrogen) atoms. The van der Waals surface area contributed by atoms with Crippen LogP contribution in [0.3, 0.4) is 0 Å². The molecule has 0 fully saturated rings. The third-order valence-corrected chi connectivity index (χ3v) is 6.46. The number of nitrogens with one attached hydrogen (secondary N) is 2. The van der Waals surface area contributed by atoms with Crippen molar-refractivity contribution >= 4 is 41.7 Å². The number of carboxylic acid groups (broad SMARTS) is 3. The van der Waals surface area contributed by atoms with Crippen LogP contribution in [0.4, 0.5) is 9.18 Å². The second-order valence-corrected chi connectivity index (χ2v) is 9.44. The van der Waals surface area contributed by atoms with Crippen LogP contribution in [0.2, 0.25) is 0 Å². The van der Waals surface area contributed by atoms with E-state index in [1.807, 2.05) is 5.32 Å². The van der Waals surface area contributed by atoms with E-state index in [0.29, 0.717) is 17.7 Å². The van der Waals surface area contributed by atoms with Gasteiger partial charge in [-0.15, -0.1) is 11.8 Å². The molecule has 0 bridgehead atoms. The molecule has 210 valence electrons. The molecule has 11 nitrogen and oxygen atoms in total. The molecule has 0 radical (unpaired) electrons. The molecule has 2 aromatic carbocycles. The van der Waals surface area contributed by atoms with Gasteiger partial charge in [-0.3, -0.25) is 9.59 Å². The number of alkyl carbamates (subject to hydrolysis) is 1. The minimum atomic E-state index is -1.55. The molecule has 0 aliphatic carbocycles. The van der Waals surface area contributed by atoms with Crippen LogP contribution in [-0.4, -0.2) is 63.9 Å². The van der Waals surface area contributed by atoms with E-state index in [4.69, 9.17) is 14.9 Å². The number of rotatable bonds is 16. The summed E-state index contributed by atoms with van der Waals surface area (Å²) in [7, 11) is 0. The first-order chi connectivity index (χ1) is 18.5. The molecule has 0 saturated heterocycles. The molecule has 0 heterocycles. The highest BCUT2D eigenvalue weighted by molar-refractivity contribution is 7.98. The summed E-state index contributed by atoms with van der Waals surface area (Å²) < 4.78 is 17.8. The fraction of sp³-hybridized carbons (Fsp3) is 0.346. The molecule has 0 saturated carbocycles. The normalized spacial score (nSPS) is 12.1. The Hall–Kier alpha value is -4.13. The predicted molar refractivity (Wildman–Crippen MR) is 138 cm³/mol.